The summed E-state index contributed by atoms with van der Waals surface area (Å²) in [5.74, 6) is 2.69. The standard InChI is InChI=1S/C12H11Br/c1-2-11(9-6-10-13)12-7-4-3-5-8-12/h1,3-5,7-9H,6,10H2/b11-9+. The number of rotatable bonds is 3. The molecule has 0 unspecified atom stereocenters. The van der Waals surface area contributed by atoms with Gasteiger partial charge in [0.1, 0.15) is 0 Å². The molecule has 0 N–H and O–H groups in total. The lowest BCUT2D eigenvalue weighted by atomic mass is 10.1. The van der Waals surface area contributed by atoms with Crippen molar-refractivity contribution in [2.45, 2.75) is 6.42 Å². The number of hydrogen-bond donors (Lipinski definition) is 0. The van der Waals surface area contributed by atoms with E-state index >= 15 is 0 Å². The summed E-state index contributed by atoms with van der Waals surface area (Å²) in [6.07, 6.45) is 8.45. The Morgan fingerprint density at radius 1 is 1.38 bits per heavy atom. The van der Waals surface area contributed by atoms with Crippen LogP contribution in [0.25, 0.3) is 5.57 Å². The van der Waals surface area contributed by atoms with Crippen LogP contribution in [0.3, 0.4) is 0 Å². The molecular weight excluding hydrogens is 224 g/mol. The van der Waals surface area contributed by atoms with E-state index in [1.807, 2.05) is 30.3 Å². The molecule has 0 spiro atoms. The second-order valence-corrected chi connectivity index (χ2v) is 3.40. The van der Waals surface area contributed by atoms with Gasteiger partial charge in [-0.05, 0) is 12.0 Å². The predicted molar refractivity (Wildman–Crippen MR) is 61.7 cm³/mol. The van der Waals surface area contributed by atoms with Gasteiger partial charge in [0.2, 0.25) is 0 Å². The van der Waals surface area contributed by atoms with Crippen LogP contribution < -0.4 is 0 Å². The molecule has 1 rings (SSSR count). The molecule has 1 aromatic rings. The van der Waals surface area contributed by atoms with E-state index < -0.39 is 0 Å². The summed E-state index contributed by atoms with van der Waals surface area (Å²) in [7, 11) is 0. The molecule has 0 amide bonds. The number of terminal acetylenes is 1. The molecule has 0 atom stereocenters. The Hall–Kier alpha value is -1.00. The normalized spacial score (nSPS) is 10.9. The summed E-state index contributed by atoms with van der Waals surface area (Å²) in [5, 5.41) is 0.949. The minimum atomic E-state index is 0.949. The van der Waals surface area contributed by atoms with Crippen molar-refractivity contribution < 1.29 is 0 Å². The molecule has 0 saturated heterocycles. The second-order valence-electron chi connectivity index (χ2n) is 2.61. The maximum Gasteiger partial charge on any atom is 0.0275 e. The molecule has 66 valence electrons. The zero-order valence-electron chi connectivity index (χ0n) is 7.33. The quantitative estimate of drug-likeness (QED) is 0.555. The van der Waals surface area contributed by atoms with E-state index in [2.05, 4.69) is 27.9 Å². The van der Waals surface area contributed by atoms with Crippen molar-refractivity contribution in [3.63, 3.8) is 0 Å². The van der Waals surface area contributed by atoms with Crippen LogP contribution in [0, 0.1) is 12.3 Å². The van der Waals surface area contributed by atoms with Crippen LogP contribution in [0.5, 0.6) is 0 Å². The van der Waals surface area contributed by atoms with E-state index in [1.54, 1.807) is 0 Å². The summed E-state index contributed by atoms with van der Waals surface area (Å²) < 4.78 is 0. The molecule has 0 aliphatic carbocycles. The first-order valence-corrected chi connectivity index (χ1v) is 5.29. The van der Waals surface area contributed by atoms with E-state index in [-0.39, 0.29) is 0 Å². The summed E-state index contributed by atoms with van der Waals surface area (Å²) >= 11 is 3.37. The first kappa shape index (κ1) is 10.1. The second kappa shape index (κ2) is 5.61. The molecular formula is C12H11Br. The van der Waals surface area contributed by atoms with Gasteiger partial charge in [-0.2, -0.15) is 0 Å². The SMILES string of the molecule is C#C/C(=C\CCBr)c1ccccc1. The van der Waals surface area contributed by atoms with Gasteiger partial charge in [-0.15, -0.1) is 6.42 Å². The third-order valence-corrected chi connectivity index (χ3v) is 2.16. The Bertz CT molecular complexity index is 317. The molecule has 0 nitrogen and oxygen atoms in total. The van der Waals surface area contributed by atoms with Crippen molar-refractivity contribution in [3.05, 3.63) is 42.0 Å². The lowest BCUT2D eigenvalue weighted by Crippen LogP contribution is -1.80. The van der Waals surface area contributed by atoms with E-state index in [0.29, 0.717) is 0 Å². The Kier molecular flexibility index (Phi) is 4.35. The summed E-state index contributed by atoms with van der Waals surface area (Å²) in [5.41, 5.74) is 2.09. The molecule has 0 bridgehead atoms. The van der Waals surface area contributed by atoms with Crippen molar-refractivity contribution in [1.29, 1.82) is 0 Å². The lowest BCUT2D eigenvalue weighted by Gasteiger charge is -1.98. The molecule has 13 heavy (non-hydrogen) atoms. The number of allylic oxidation sites excluding steroid dienone is 2. The Labute approximate surface area is 87.8 Å². The number of halogens is 1. The van der Waals surface area contributed by atoms with Crippen molar-refractivity contribution in [3.8, 4) is 12.3 Å². The summed E-state index contributed by atoms with van der Waals surface area (Å²) in [6.45, 7) is 0. The molecule has 0 aliphatic heterocycles. The van der Waals surface area contributed by atoms with Crippen LogP contribution in [-0.2, 0) is 0 Å². The van der Waals surface area contributed by atoms with Crippen LogP contribution in [0.4, 0.5) is 0 Å². The average molecular weight is 235 g/mol. The van der Waals surface area contributed by atoms with Crippen molar-refractivity contribution >= 4 is 21.5 Å². The summed E-state index contributed by atoms with van der Waals surface area (Å²) in [6, 6.07) is 10.0. The van der Waals surface area contributed by atoms with Crippen molar-refractivity contribution in [2.75, 3.05) is 5.33 Å². The fourth-order valence-electron chi connectivity index (χ4n) is 1.08. The molecule has 0 aromatic heterocycles. The third kappa shape index (κ3) is 3.08. The van der Waals surface area contributed by atoms with Gasteiger partial charge in [0.15, 0.2) is 0 Å². The zero-order valence-corrected chi connectivity index (χ0v) is 8.92. The largest absolute Gasteiger partial charge is 0.115 e. The fraction of sp³-hybridized carbons (Fsp3) is 0.167. The monoisotopic (exact) mass is 234 g/mol. The van der Waals surface area contributed by atoms with Crippen LogP contribution in [0.2, 0.25) is 0 Å². The highest BCUT2D eigenvalue weighted by Gasteiger charge is 1.94. The molecule has 0 heterocycles. The fourth-order valence-corrected chi connectivity index (χ4v) is 1.31. The first-order chi connectivity index (χ1) is 6.38. The number of benzene rings is 1. The highest BCUT2D eigenvalue weighted by atomic mass is 79.9. The van der Waals surface area contributed by atoms with Crippen LogP contribution in [0.15, 0.2) is 36.4 Å². The van der Waals surface area contributed by atoms with E-state index in [9.17, 15) is 0 Å². The highest BCUT2D eigenvalue weighted by molar-refractivity contribution is 9.09. The lowest BCUT2D eigenvalue weighted by molar-refractivity contribution is 1.26. The number of alkyl halides is 1. The third-order valence-electron chi connectivity index (χ3n) is 1.70. The summed E-state index contributed by atoms with van der Waals surface area (Å²) in [4.78, 5) is 0. The topological polar surface area (TPSA) is 0 Å². The van der Waals surface area contributed by atoms with Gasteiger partial charge in [-0.25, -0.2) is 0 Å². The van der Waals surface area contributed by atoms with Gasteiger partial charge in [0.05, 0.1) is 0 Å². The van der Waals surface area contributed by atoms with Gasteiger partial charge in [0, 0.05) is 10.9 Å². The van der Waals surface area contributed by atoms with E-state index in [4.69, 9.17) is 6.42 Å². The van der Waals surface area contributed by atoms with Gasteiger partial charge < -0.3 is 0 Å². The average Bonchev–Trinajstić information content (AvgIpc) is 2.21. The van der Waals surface area contributed by atoms with E-state index in [1.165, 1.54) is 0 Å². The van der Waals surface area contributed by atoms with E-state index in [0.717, 1.165) is 22.9 Å². The van der Waals surface area contributed by atoms with Crippen LogP contribution >= 0.6 is 15.9 Å². The molecule has 0 saturated carbocycles. The number of hydrogen-bond acceptors (Lipinski definition) is 0. The predicted octanol–water partition coefficient (Wildman–Crippen LogP) is 3.49. The Morgan fingerprint density at radius 2 is 2.08 bits per heavy atom. The zero-order chi connectivity index (χ0) is 9.52. The van der Waals surface area contributed by atoms with Gasteiger partial charge in [-0.1, -0.05) is 58.3 Å². The maximum atomic E-state index is 5.41. The smallest absolute Gasteiger partial charge is 0.0275 e. The van der Waals surface area contributed by atoms with Crippen molar-refractivity contribution in [1.82, 2.24) is 0 Å². The molecule has 1 aromatic carbocycles. The van der Waals surface area contributed by atoms with Gasteiger partial charge >= 0.3 is 0 Å². The Balaban J connectivity index is 2.87. The molecule has 0 fully saturated rings. The van der Waals surface area contributed by atoms with Crippen LogP contribution in [0.1, 0.15) is 12.0 Å². The molecule has 0 radical (unpaired) electrons. The minimum absolute atomic E-state index is 0.949. The highest BCUT2D eigenvalue weighted by Crippen LogP contribution is 2.13. The van der Waals surface area contributed by atoms with Gasteiger partial charge in [0.25, 0.3) is 0 Å². The van der Waals surface area contributed by atoms with Gasteiger partial charge in [-0.3, -0.25) is 0 Å². The van der Waals surface area contributed by atoms with Crippen molar-refractivity contribution in [2.24, 2.45) is 0 Å². The maximum absolute atomic E-state index is 5.41. The Morgan fingerprint density at radius 3 is 2.62 bits per heavy atom. The molecule has 1 heteroatoms. The molecule has 0 aliphatic rings. The first-order valence-electron chi connectivity index (χ1n) is 4.16. The minimum Gasteiger partial charge on any atom is -0.115 e. The van der Waals surface area contributed by atoms with Crippen LogP contribution in [-0.4, -0.2) is 5.33 Å².